The van der Waals surface area contributed by atoms with Gasteiger partial charge >= 0.3 is 0 Å². The van der Waals surface area contributed by atoms with Crippen molar-refractivity contribution in [3.8, 4) is 0 Å². The Kier molecular flexibility index (Phi) is 4.62. The van der Waals surface area contributed by atoms with Gasteiger partial charge in [-0.1, -0.05) is 6.07 Å². The van der Waals surface area contributed by atoms with Gasteiger partial charge < -0.3 is 10.1 Å². The van der Waals surface area contributed by atoms with Crippen LogP contribution in [0.15, 0.2) is 30.5 Å². The molecule has 0 unspecified atom stereocenters. The minimum absolute atomic E-state index is 0.137. The molecule has 1 N–H and O–H groups in total. The summed E-state index contributed by atoms with van der Waals surface area (Å²) in [7, 11) is 1.78. The van der Waals surface area contributed by atoms with Gasteiger partial charge in [0.05, 0.1) is 17.7 Å². The number of ether oxygens (including phenoxy) is 1. The fourth-order valence-electron chi connectivity index (χ4n) is 3.13. The summed E-state index contributed by atoms with van der Waals surface area (Å²) in [5.41, 5.74) is 0.666. The molecule has 1 aromatic carbocycles. The first-order chi connectivity index (χ1) is 11.5. The van der Waals surface area contributed by atoms with Crippen molar-refractivity contribution < 1.29 is 18.3 Å². The number of nitrogens with one attached hydrogen (secondary N) is 1. The largest absolute Gasteiger partial charge is 0.371 e. The normalized spacial score (nSPS) is 21.7. The summed E-state index contributed by atoms with van der Waals surface area (Å²) >= 11 is 0. The van der Waals surface area contributed by atoms with Gasteiger partial charge in [0, 0.05) is 25.4 Å². The van der Waals surface area contributed by atoms with Crippen LogP contribution in [0.1, 0.15) is 36.7 Å². The van der Waals surface area contributed by atoms with Gasteiger partial charge in [-0.15, -0.1) is 0 Å². The molecule has 2 aromatic rings. The molecule has 5 nitrogen and oxygen atoms in total. The van der Waals surface area contributed by atoms with Crippen LogP contribution in [0.3, 0.4) is 0 Å². The molecule has 0 bridgehead atoms. The van der Waals surface area contributed by atoms with Gasteiger partial charge in [-0.05, 0) is 31.5 Å². The van der Waals surface area contributed by atoms with Crippen LogP contribution in [-0.4, -0.2) is 22.3 Å². The molecule has 1 aliphatic rings. The zero-order valence-corrected chi connectivity index (χ0v) is 13.5. The van der Waals surface area contributed by atoms with E-state index in [1.165, 1.54) is 18.2 Å². The average Bonchev–Trinajstić information content (AvgIpc) is 3.15. The maximum absolute atomic E-state index is 13.9. The van der Waals surface area contributed by atoms with E-state index in [9.17, 15) is 13.6 Å². The molecule has 1 aromatic heterocycles. The Hall–Kier alpha value is -2.28. The van der Waals surface area contributed by atoms with Crippen LogP contribution in [0.5, 0.6) is 0 Å². The Morgan fingerprint density at radius 2 is 2.08 bits per heavy atom. The topological polar surface area (TPSA) is 56.1 Å². The predicted molar refractivity (Wildman–Crippen MR) is 82.9 cm³/mol. The van der Waals surface area contributed by atoms with Gasteiger partial charge in [0.25, 0.3) is 0 Å². The van der Waals surface area contributed by atoms with E-state index in [1.54, 1.807) is 30.9 Å². The molecule has 3 rings (SSSR count). The Bertz CT molecular complexity index is 727. The van der Waals surface area contributed by atoms with Crippen LogP contribution < -0.4 is 5.32 Å². The number of aromatic nitrogens is 2. The SMILES string of the molecule is C[C@@H](NC(=O)[C@@H]1CCO[C@H]1c1ccnn1C)c1c(F)cccc1F. The standard InChI is InChI=1S/C17H19F2N3O2/c1-10(15-12(18)4-3-5-13(15)19)21-17(23)11-7-9-24-16(11)14-6-8-20-22(14)2/h3-6,8,10-11,16H,7,9H2,1-2H3,(H,21,23)/t10-,11-,16-/m1/s1. The van der Waals surface area contributed by atoms with Crippen molar-refractivity contribution in [1.82, 2.24) is 15.1 Å². The first-order valence-corrected chi connectivity index (χ1v) is 7.83. The Balaban J connectivity index is 1.76. The second kappa shape index (κ2) is 6.68. The summed E-state index contributed by atoms with van der Waals surface area (Å²) < 4.78 is 35.0. The molecule has 128 valence electrons. The van der Waals surface area contributed by atoms with Gasteiger partial charge in [-0.3, -0.25) is 9.48 Å². The van der Waals surface area contributed by atoms with Crippen molar-refractivity contribution in [2.24, 2.45) is 13.0 Å². The maximum Gasteiger partial charge on any atom is 0.226 e. The number of rotatable bonds is 4. The zero-order valence-electron chi connectivity index (χ0n) is 13.5. The third kappa shape index (κ3) is 3.03. The number of halogens is 2. The second-order valence-electron chi connectivity index (χ2n) is 5.93. The molecule has 1 saturated heterocycles. The van der Waals surface area contributed by atoms with E-state index in [0.29, 0.717) is 13.0 Å². The van der Waals surface area contributed by atoms with Crippen molar-refractivity contribution in [3.63, 3.8) is 0 Å². The molecule has 1 fully saturated rings. The lowest BCUT2D eigenvalue weighted by Gasteiger charge is -2.22. The molecule has 3 atom stereocenters. The molecular weight excluding hydrogens is 316 g/mol. The molecular formula is C17H19F2N3O2. The fourth-order valence-corrected chi connectivity index (χ4v) is 3.13. The van der Waals surface area contributed by atoms with E-state index in [4.69, 9.17) is 4.74 Å². The summed E-state index contributed by atoms with van der Waals surface area (Å²) in [5.74, 6) is -2.05. The smallest absolute Gasteiger partial charge is 0.226 e. The Morgan fingerprint density at radius 3 is 2.71 bits per heavy atom. The highest BCUT2D eigenvalue weighted by Crippen LogP contribution is 2.35. The van der Waals surface area contributed by atoms with Crippen LogP contribution in [0.25, 0.3) is 0 Å². The zero-order chi connectivity index (χ0) is 17.3. The minimum atomic E-state index is -0.772. The monoisotopic (exact) mass is 335 g/mol. The molecule has 2 heterocycles. The fraction of sp³-hybridized carbons (Fsp3) is 0.412. The van der Waals surface area contributed by atoms with E-state index < -0.39 is 29.7 Å². The lowest BCUT2D eigenvalue weighted by molar-refractivity contribution is -0.127. The second-order valence-corrected chi connectivity index (χ2v) is 5.93. The van der Waals surface area contributed by atoms with Gasteiger partial charge in [0.2, 0.25) is 5.91 Å². The van der Waals surface area contributed by atoms with E-state index in [2.05, 4.69) is 10.4 Å². The molecule has 0 spiro atoms. The van der Waals surface area contributed by atoms with Gasteiger partial charge in [0.1, 0.15) is 17.7 Å². The van der Waals surface area contributed by atoms with Crippen LogP contribution in [0.2, 0.25) is 0 Å². The summed E-state index contributed by atoms with van der Waals surface area (Å²) in [4.78, 5) is 12.6. The molecule has 1 amide bonds. The van der Waals surface area contributed by atoms with Crippen molar-refractivity contribution in [2.45, 2.75) is 25.5 Å². The molecule has 1 aliphatic heterocycles. The molecule has 0 aliphatic carbocycles. The number of carbonyl (C=O) groups is 1. The summed E-state index contributed by atoms with van der Waals surface area (Å²) in [5, 5.41) is 6.80. The lowest BCUT2D eigenvalue weighted by Crippen LogP contribution is -2.35. The third-order valence-corrected chi connectivity index (χ3v) is 4.37. The predicted octanol–water partition coefficient (Wildman–Crippen LogP) is 2.65. The highest BCUT2D eigenvalue weighted by atomic mass is 19.1. The van der Waals surface area contributed by atoms with Crippen LogP contribution in [0.4, 0.5) is 8.78 Å². The minimum Gasteiger partial charge on any atom is -0.371 e. The maximum atomic E-state index is 13.9. The van der Waals surface area contributed by atoms with Crippen LogP contribution in [-0.2, 0) is 16.6 Å². The van der Waals surface area contributed by atoms with Crippen molar-refractivity contribution in [3.05, 3.63) is 53.4 Å². The number of benzene rings is 1. The molecule has 24 heavy (non-hydrogen) atoms. The number of aryl methyl sites for hydroxylation is 1. The van der Waals surface area contributed by atoms with E-state index in [-0.39, 0.29) is 11.5 Å². The van der Waals surface area contributed by atoms with Crippen LogP contribution in [0, 0.1) is 17.6 Å². The third-order valence-electron chi connectivity index (χ3n) is 4.37. The first kappa shape index (κ1) is 16.6. The Morgan fingerprint density at radius 1 is 1.38 bits per heavy atom. The summed E-state index contributed by atoms with van der Waals surface area (Å²) in [6.45, 7) is 2.02. The van der Waals surface area contributed by atoms with Crippen molar-refractivity contribution in [2.75, 3.05) is 6.61 Å². The Labute approximate surface area is 138 Å². The summed E-state index contributed by atoms with van der Waals surface area (Å²) in [6, 6.07) is 4.69. The van der Waals surface area contributed by atoms with E-state index >= 15 is 0 Å². The highest BCUT2D eigenvalue weighted by Gasteiger charge is 2.37. The van der Waals surface area contributed by atoms with Crippen molar-refractivity contribution >= 4 is 5.91 Å². The number of hydrogen-bond acceptors (Lipinski definition) is 3. The number of nitrogens with zero attached hydrogens (tertiary/aromatic N) is 2. The van der Waals surface area contributed by atoms with Gasteiger partial charge in [-0.2, -0.15) is 5.10 Å². The number of carbonyl (C=O) groups excluding carboxylic acids is 1. The summed E-state index contributed by atoms with van der Waals surface area (Å²) in [6.07, 6.45) is 1.78. The first-order valence-electron chi connectivity index (χ1n) is 7.83. The van der Waals surface area contributed by atoms with Gasteiger partial charge in [-0.25, -0.2) is 8.78 Å². The number of hydrogen-bond donors (Lipinski definition) is 1. The molecule has 0 saturated carbocycles. The number of amides is 1. The van der Waals surface area contributed by atoms with Crippen LogP contribution >= 0.6 is 0 Å². The highest BCUT2D eigenvalue weighted by molar-refractivity contribution is 5.80. The quantitative estimate of drug-likeness (QED) is 0.934. The molecule has 7 heteroatoms. The lowest BCUT2D eigenvalue weighted by atomic mass is 9.97. The van der Waals surface area contributed by atoms with E-state index in [0.717, 1.165) is 5.69 Å². The average molecular weight is 335 g/mol. The van der Waals surface area contributed by atoms with E-state index in [1.807, 2.05) is 0 Å². The molecule has 0 radical (unpaired) electrons. The van der Waals surface area contributed by atoms with Crippen molar-refractivity contribution in [1.29, 1.82) is 0 Å². The van der Waals surface area contributed by atoms with Gasteiger partial charge in [0.15, 0.2) is 0 Å².